The Morgan fingerprint density at radius 2 is 2.00 bits per heavy atom. The average molecular weight is 477 g/mol. The summed E-state index contributed by atoms with van der Waals surface area (Å²) in [4.78, 5) is 11.6. The Balaban J connectivity index is 0.00000169. The highest BCUT2D eigenvalue weighted by molar-refractivity contribution is 14.1. The lowest BCUT2D eigenvalue weighted by molar-refractivity contribution is -0.308. The summed E-state index contributed by atoms with van der Waals surface area (Å²) < 4.78 is 6.95. The van der Waals surface area contributed by atoms with Crippen molar-refractivity contribution in [1.29, 1.82) is 0 Å². The Kier molecular flexibility index (Phi) is 4.61. The lowest BCUT2D eigenvalue weighted by Gasteiger charge is -2.37. The number of carbonyl (C=O) groups is 1. The van der Waals surface area contributed by atoms with E-state index >= 15 is 0 Å². The van der Waals surface area contributed by atoms with Crippen molar-refractivity contribution in [2.45, 2.75) is 25.5 Å². The first-order chi connectivity index (χ1) is 11.0. The minimum Gasteiger partial charge on any atom is -0.548 e. The molecule has 1 N–H and O–H groups in total. The van der Waals surface area contributed by atoms with Gasteiger partial charge in [0, 0.05) is 30.4 Å². The first-order valence-corrected chi connectivity index (χ1v) is 8.71. The fourth-order valence-corrected chi connectivity index (χ4v) is 4.43. The SMILES string of the molecule is C.O=C([O-])C1Nc2cc(Cl)cc(Cl)c2C2c3cc(I)ccc3OC12. The van der Waals surface area contributed by atoms with Crippen LogP contribution >= 0.6 is 45.8 Å². The second-order valence-electron chi connectivity index (χ2n) is 5.53. The molecule has 3 atom stereocenters. The maximum absolute atomic E-state index is 11.6. The fraction of sp³-hybridized carbons (Fsp3) is 0.235. The highest BCUT2D eigenvalue weighted by atomic mass is 127. The van der Waals surface area contributed by atoms with Gasteiger partial charge in [0.1, 0.15) is 17.9 Å². The summed E-state index contributed by atoms with van der Waals surface area (Å²) in [6.07, 6.45) is -0.612. The quantitative estimate of drug-likeness (QED) is 0.638. The molecule has 2 heterocycles. The van der Waals surface area contributed by atoms with Crippen molar-refractivity contribution >= 4 is 57.4 Å². The molecule has 3 unspecified atom stereocenters. The number of nitrogens with one attached hydrogen (secondary N) is 1. The number of anilines is 1. The summed E-state index contributed by atoms with van der Waals surface area (Å²) in [6, 6.07) is 8.13. The van der Waals surface area contributed by atoms with Gasteiger partial charge in [0.15, 0.2) is 0 Å². The molecule has 2 aliphatic heterocycles. The topological polar surface area (TPSA) is 61.4 Å². The van der Waals surface area contributed by atoms with Gasteiger partial charge in [0.2, 0.25) is 0 Å². The molecular formula is C17H13Cl2INO3-. The molecule has 24 heavy (non-hydrogen) atoms. The normalized spacial score (nSPS) is 23.0. The molecule has 0 saturated heterocycles. The van der Waals surface area contributed by atoms with Gasteiger partial charge in [0.25, 0.3) is 0 Å². The highest BCUT2D eigenvalue weighted by Gasteiger charge is 2.46. The molecule has 0 fully saturated rings. The van der Waals surface area contributed by atoms with Crippen LogP contribution in [-0.4, -0.2) is 18.1 Å². The molecule has 4 rings (SSSR count). The Hall–Kier alpha value is -1.18. The molecule has 0 bridgehead atoms. The smallest absolute Gasteiger partial charge is 0.135 e. The number of aliphatic carboxylic acids is 1. The second-order valence-corrected chi connectivity index (χ2v) is 7.62. The molecule has 4 nitrogen and oxygen atoms in total. The number of hydrogen-bond acceptors (Lipinski definition) is 4. The van der Waals surface area contributed by atoms with E-state index in [4.69, 9.17) is 27.9 Å². The first-order valence-electron chi connectivity index (χ1n) is 6.88. The summed E-state index contributed by atoms with van der Waals surface area (Å²) in [5.74, 6) is -0.819. The minimum atomic E-state index is -1.22. The second kappa shape index (κ2) is 6.28. The van der Waals surface area contributed by atoms with E-state index in [1.807, 2.05) is 18.2 Å². The summed E-state index contributed by atoms with van der Waals surface area (Å²) in [5.41, 5.74) is 2.34. The van der Waals surface area contributed by atoms with Crippen molar-refractivity contribution in [3.8, 4) is 5.75 Å². The van der Waals surface area contributed by atoms with Gasteiger partial charge < -0.3 is 20.0 Å². The van der Waals surface area contributed by atoms with Crippen LogP contribution < -0.4 is 15.2 Å². The van der Waals surface area contributed by atoms with Crippen LogP contribution in [0.3, 0.4) is 0 Å². The van der Waals surface area contributed by atoms with Gasteiger partial charge >= 0.3 is 0 Å². The number of ether oxygens (including phenoxy) is 1. The van der Waals surface area contributed by atoms with Crippen LogP contribution in [0.1, 0.15) is 24.5 Å². The Morgan fingerprint density at radius 1 is 1.25 bits per heavy atom. The predicted molar refractivity (Wildman–Crippen MR) is 101 cm³/mol. The van der Waals surface area contributed by atoms with Crippen molar-refractivity contribution in [3.63, 3.8) is 0 Å². The standard InChI is InChI=1S/C16H10Cl2INO3.CH4/c17-6-3-9(18)13-10(4-6)20-14(16(21)22)15-12(13)8-5-7(19)1-2-11(8)23-15;/h1-5,12,14-15,20H,(H,21,22);1H4/p-1. The van der Waals surface area contributed by atoms with Gasteiger partial charge in [-0.25, -0.2) is 0 Å². The van der Waals surface area contributed by atoms with Crippen molar-refractivity contribution in [3.05, 3.63) is 55.1 Å². The summed E-state index contributed by atoms with van der Waals surface area (Å²) in [7, 11) is 0. The van der Waals surface area contributed by atoms with Crippen LogP contribution in [-0.2, 0) is 4.79 Å². The van der Waals surface area contributed by atoms with E-state index in [0.29, 0.717) is 21.5 Å². The zero-order chi connectivity index (χ0) is 16.3. The van der Waals surface area contributed by atoms with Crippen LogP contribution in [0.5, 0.6) is 5.75 Å². The third-order valence-electron chi connectivity index (χ3n) is 4.20. The molecule has 2 aromatic rings. The van der Waals surface area contributed by atoms with Gasteiger partial charge in [-0.3, -0.25) is 0 Å². The average Bonchev–Trinajstić information content (AvgIpc) is 2.84. The van der Waals surface area contributed by atoms with Crippen molar-refractivity contribution in [1.82, 2.24) is 0 Å². The fourth-order valence-electron chi connectivity index (χ4n) is 3.30. The predicted octanol–water partition coefficient (Wildman–Crippen LogP) is 3.67. The van der Waals surface area contributed by atoms with Gasteiger partial charge in [0.05, 0.1) is 11.9 Å². The highest BCUT2D eigenvalue weighted by Crippen LogP contribution is 2.51. The maximum atomic E-state index is 11.6. The molecule has 7 heteroatoms. The number of benzene rings is 2. The molecule has 2 aliphatic rings. The third kappa shape index (κ3) is 2.62. The minimum absolute atomic E-state index is 0. The van der Waals surface area contributed by atoms with Crippen molar-refractivity contribution < 1.29 is 14.6 Å². The zero-order valence-electron chi connectivity index (χ0n) is 11.5. The number of rotatable bonds is 1. The first kappa shape index (κ1) is 17.6. The van der Waals surface area contributed by atoms with Gasteiger partial charge in [-0.2, -0.15) is 0 Å². The van der Waals surface area contributed by atoms with E-state index in [2.05, 4.69) is 27.9 Å². The van der Waals surface area contributed by atoms with Gasteiger partial charge in [-0.15, -0.1) is 0 Å². The van der Waals surface area contributed by atoms with E-state index in [-0.39, 0.29) is 13.3 Å². The van der Waals surface area contributed by atoms with E-state index in [1.165, 1.54) is 0 Å². The molecule has 0 radical (unpaired) electrons. The van der Waals surface area contributed by atoms with Gasteiger partial charge in [-0.1, -0.05) is 30.6 Å². The molecule has 0 aromatic heterocycles. The molecule has 2 aromatic carbocycles. The number of hydrogen-bond donors (Lipinski definition) is 1. The Morgan fingerprint density at radius 3 is 2.71 bits per heavy atom. The van der Waals surface area contributed by atoms with Crippen molar-refractivity contribution in [2.24, 2.45) is 0 Å². The molecule has 0 spiro atoms. The van der Waals surface area contributed by atoms with Crippen LogP contribution in [0.25, 0.3) is 0 Å². The molecule has 0 amide bonds. The number of fused-ring (bicyclic) bond motifs is 5. The van der Waals surface area contributed by atoms with E-state index in [9.17, 15) is 9.90 Å². The lowest BCUT2D eigenvalue weighted by Crippen LogP contribution is -2.53. The Labute approximate surface area is 163 Å². The number of carboxylic acids is 1. The van der Waals surface area contributed by atoms with Gasteiger partial charge in [-0.05, 0) is 52.9 Å². The number of halogens is 3. The van der Waals surface area contributed by atoms with E-state index in [1.54, 1.807) is 12.1 Å². The Bertz CT molecular complexity index is 843. The van der Waals surface area contributed by atoms with E-state index < -0.39 is 18.1 Å². The van der Waals surface area contributed by atoms with E-state index in [0.717, 1.165) is 14.7 Å². The summed E-state index contributed by atoms with van der Waals surface area (Å²) in [5, 5.41) is 15.4. The zero-order valence-corrected chi connectivity index (χ0v) is 15.1. The summed E-state index contributed by atoms with van der Waals surface area (Å²) in [6.45, 7) is 0. The maximum Gasteiger partial charge on any atom is 0.135 e. The molecule has 126 valence electrons. The van der Waals surface area contributed by atoms with Crippen LogP contribution in [0.2, 0.25) is 10.0 Å². The molecule has 0 saturated carbocycles. The molecule has 0 aliphatic carbocycles. The number of carbonyl (C=O) groups excluding carboxylic acids is 1. The third-order valence-corrected chi connectivity index (χ3v) is 5.40. The molecular weight excluding hydrogens is 464 g/mol. The number of carboxylic acid groups (broad SMARTS) is 1. The van der Waals surface area contributed by atoms with Crippen molar-refractivity contribution in [2.75, 3.05) is 5.32 Å². The van der Waals surface area contributed by atoms with Crippen LogP contribution in [0.15, 0.2) is 30.3 Å². The monoisotopic (exact) mass is 476 g/mol. The van der Waals surface area contributed by atoms with Crippen LogP contribution in [0, 0.1) is 3.57 Å². The lowest BCUT2D eigenvalue weighted by atomic mass is 9.81. The summed E-state index contributed by atoms with van der Waals surface area (Å²) >= 11 is 14.7. The van der Waals surface area contributed by atoms with Crippen LogP contribution in [0.4, 0.5) is 5.69 Å². The largest absolute Gasteiger partial charge is 0.548 e.